The standard InChI is InChI=1S/C45H56F2N3O10P/c1-42(2,3)37(39(53)49-28-16-21-35(49)38(52)50(33-17-12-10-13-18-33)34-19-14-11-15-20-34)48-36(51)27-24-31-22-25-32(26-23-31)45(46,47)61(56,59-29-57-40(54)43(4,5)6)60-30-58-41(55)44(7,8)9/h10-15,17-20,22-27,35,37H,16,21,28-30H2,1-9H3,(H,48,51)/b27-24+/t35-,37+/m0/s1. The highest BCUT2D eigenvalue weighted by atomic mass is 31.2. The van der Waals surface area contributed by atoms with E-state index in [4.69, 9.17) is 18.5 Å². The van der Waals surface area contributed by atoms with E-state index in [0.29, 0.717) is 30.8 Å². The molecule has 0 radical (unpaired) electrons. The molecular formula is C45H56F2N3O10P. The van der Waals surface area contributed by atoms with Gasteiger partial charge < -0.3 is 19.7 Å². The smallest absolute Gasteiger partial charge is 0.410 e. The van der Waals surface area contributed by atoms with Gasteiger partial charge in [0.15, 0.2) is 0 Å². The number of halogens is 2. The molecule has 3 aromatic carbocycles. The fourth-order valence-electron chi connectivity index (χ4n) is 6.05. The second-order valence-corrected chi connectivity index (χ2v) is 19.8. The van der Waals surface area contributed by atoms with Crippen LogP contribution in [0.15, 0.2) is 91.0 Å². The average Bonchev–Trinajstić information content (AvgIpc) is 3.69. The fraction of sp³-hybridized carbons (Fsp3) is 0.444. The Bertz CT molecular complexity index is 2020. The molecule has 61 heavy (non-hydrogen) atoms. The van der Waals surface area contributed by atoms with E-state index in [0.717, 1.165) is 18.2 Å². The molecule has 1 N–H and O–H groups in total. The quantitative estimate of drug-likeness (QED) is 0.0677. The number of carbonyl (C=O) groups is 5. The highest BCUT2D eigenvalue weighted by Gasteiger charge is 2.56. The first-order valence-electron chi connectivity index (χ1n) is 19.8. The molecule has 1 heterocycles. The molecule has 3 aromatic rings. The summed E-state index contributed by atoms with van der Waals surface area (Å²) in [6.45, 7) is 12.5. The molecule has 1 aliphatic rings. The maximum absolute atomic E-state index is 16.0. The number of anilines is 2. The Hall–Kier alpha value is -5.24. The summed E-state index contributed by atoms with van der Waals surface area (Å²) >= 11 is 0. The number of nitrogens with one attached hydrogen (secondary N) is 1. The van der Waals surface area contributed by atoms with Crippen molar-refractivity contribution in [3.05, 3.63) is 102 Å². The molecule has 1 fully saturated rings. The van der Waals surface area contributed by atoms with Crippen molar-refractivity contribution in [2.24, 2.45) is 16.2 Å². The molecule has 330 valence electrons. The lowest BCUT2D eigenvalue weighted by Crippen LogP contribution is -2.57. The Morgan fingerprint density at radius 1 is 0.770 bits per heavy atom. The summed E-state index contributed by atoms with van der Waals surface area (Å²) in [6, 6.07) is 20.8. The Morgan fingerprint density at radius 3 is 1.69 bits per heavy atom. The molecule has 13 nitrogen and oxygen atoms in total. The number of benzene rings is 3. The van der Waals surface area contributed by atoms with Gasteiger partial charge in [0.2, 0.25) is 25.4 Å². The predicted molar refractivity (Wildman–Crippen MR) is 226 cm³/mol. The number of nitrogens with zero attached hydrogens (tertiary/aromatic N) is 2. The largest absolute Gasteiger partial charge is 0.438 e. The van der Waals surface area contributed by atoms with Gasteiger partial charge in [0.25, 0.3) is 5.91 Å². The van der Waals surface area contributed by atoms with Gasteiger partial charge in [0, 0.05) is 29.6 Å². The van der Waals surface area contributed by atoms with Crippen LogP contribution in [0.4, 0.5) is 20.2 Å². The topological polar surface area (TPSA) is 158 Å². The lowest BCUT2D eigenvalue weighted by molar-refractivity contribution is -0.163. The van der Waals surface area contributed by atoms with Crippen LogP contribution in [0.2, 0.25) is 0 Å². The Morgan fingerprint density at radius 2 is 1.25 bits per heavy atom. The van der Waals surface area contributed by atoms with Crippen molar-refractivity contribution in [3.63, 3.8) is 0 Å². The maximum atomic E-state index is 16.0. The van der Waals surface area contributed by atoms with Gasteiger partial charge in [-0.05, 0) is 95.7 Å². The molecule has 2 atom stereocenters. The van der Waals surface area contributed by atoms with Crippen LogP contribution in [-0.4, -0.2) is 66.8 Å². The summed E-state index contributed by atoms with van der Waals surface area (Å²) in [5.41, 5.74) is -6.38. The van der Waals surface area contributed by atoms with Crippen LogP contribution in [0.3, 0.4) is 0 Å². The van der Waals surface area contributed by atoms with Gasteiger partial charge in [-0.3, -0.25) is 42.5 Å². The van der Waals surface area contributed by atoms with E-state index in [-0.39, 0.29) is 11.5 Å². The SMILES string of the molecule is CC(C)(C)C(=O)OCOP(=O)(OCOC(=O)C(C)(C)C)C(F)(F)c1ccc(/C=C/C(=O)N[C@H](C(=O)N2CCC[C@H]2C(=O)N(c2ccccc2)c2ccccc2)C(C)(C)C)cc1. The lowest BCUT2D eigenvalue weighted by atomic mass is 9.85. The van der Waals surface area contributed by atoms with Crippen molar-refractivity contribution in [2.45, 2.75) is 92.9 Å². The van der Waals surface area contributed by atoms with Crippen molar-refractivity contribution >= 4 is 54.7 Å². The third kappa shape index (κ3) is 12.4. The first-order chi connectivity index (χ1) is 28.4. The number of amides is 3. The average molecular weight is 868 g/mol. The summed E-state index contributed by atoms with van der Waals surface area (Å²) in [5, 5.41) is 2.78. The van der Waals surface area contributed by atoms with E-state index in [1.165, 1.54) is 64.7 Å². The highest BCUT2D eigenvalue weighted by molar-refractivity contribution is 7.54. The molecule has 1 saturated heterocycles. The molecule has 4 rings (SSSR count). The van der Waals surface area contributed by atoms with Gasteiger partial charge in [-0.15, -0.1) is 0 Å². The predicted octanol–water partition coefficient (Wildman–Crippen LogP) is 8.96. The lowest BCUT2D eigenvalue weighted by Gasteiger charge is -2.36. The number of hydrogen-bond donors (Lipinski definition) is 1. The molecule has 1 aliphatic heterocycles. The molecule has 0 aromatic heterocycles. The van der Waals surface area contributed by atoms with E-state index in [1.807, 2.05) is 60.7 Å². The number of ether oxygens (including phenoxy) is 2. The van der Waals surface area contributed by atoms with Gasteiger partial charge in [0.1, 0.15) is 12.1 Å². The molecular weight excluding hydrogens is 811 g/mol. The molecule has 0 unspecified atom stereocenters. The van der Waals surface area contributed by atoms with Gasteiger partial charge in [0.05, 0.1) is 10.8 Å². The number of para-hydroxylation sites is 2. The van der Waals surface area contributed by atoms with Crippen LogP contribution in [0.25, 0.3) is 6.08 Å². The zero-order valence-corrected chi connectivity index (χ0v) is 37.0. The van der Waals surface area contributed by atoms with Crippen LogP contribution in [0.5, 0.6) is 0 Å². The fourth-order valence-corrected chi connectivity index (χ4v) is 7.30. The van der Waals surface area contributed by atoms with Crippen molar-refractivity contribution in [2.75, 3.05) is 25.0 Å². The third-order valence-corrected chi connectivity index (χ3v) is 11.4. The maximum Gasteiger partial charge on any atom is 0.410 e. The minimum absolute atomic E-state index is 0.279. The summed E-state index contributed by atoms with van der Waals surface area (Å²) in [4.78, 5) is 69.5. The second kappa shape index (κ2) is 19.6. The molecule has 0 aliphatic carbocycles. The zero-order chi connectivity index (χ0) is 45.4. The van der Waals surface area contributed by atoms with E-state index in [9.17, 15) is 28.5 Å². The van der Waals surface area contributed by atoms with E-state index in [2.05, 4.69) is 5.32 Å². The van der Waals surface area contributed by atoms with Crippen LogP contribution >= 0.6 is 7.60 Å². The number of hydrogen-bond acceptors (Lipinski definition) is 10. The van der Waals surface area contributed by atoms with E-state index < -0.39 is 84.5 Å². The van der Waals surface area contributed by atoms with Gasteiger partial charge in [-0.25, -0.2) is 0 Å². The van der Waals surface area contributed by atoms with Crippen molar-refractivity contribution in [3.8, 4) is 0 Å². The van der Waals surface area contributed by atoms with Gasteiger partial charge in [-0.1, -0.05) is 81.4 Å². The Labute approximate surface area is 356 Å². The number of esters is 2. The van der Waals surface area contributed by atoms with Crippen LogP contribution in [0, 0.1) is 16.2 Å². The summed E-state index contributed by atoms with van der Waals surface area (Å²) < 4.78 is 65.2. The minimum atomic E-state index is -5.54. The van der Waals surface area contributed by atoms with E-state index in [1.54, 1.807) is 25.7 Å². The summed E-state index contributed by atoms with van der Waals surface area (Å²) in [5.74, 6) is -2.99. The van der Waals surface area contributed by atoms with Crippen molar-refractivity contribution < 1.29 is 55.8 Å². The zero-order valence-electron chi connectivity index (χ0n) is 36.1. The molecule has 16 heteroatoms. The monoisotopic (exact) mass is 867 g/mol. The molecule has 3 amide bonds. The third-order valence-electron chi connectivity index (χ3n) is 9.55. The second-order valence-electron chi connectivity index (χ2n) is 17.7. The number of rotatable bonds is 15. The van der Waals surface area contributed by atoms with E-state index >= 15 is 8.78 Å². The van der Waals surface area contributed by atoms with Crippen LogP contribution in [0.1, 0.15) is 86.3 Å². The first kappa shape index (κ1) is 48.4. The normalized spacial score (nSPS) is 15.6. The molecule has 0 bridgehead atoms. The first-order valence-corrected chi connectivity index (χ1v) is 21.4. The van der Waals surface area contributed by atoms with Gasteiger partial charge in [-0.2, -0.15) is 8.78 Å². The van der Waals surface area contributed by atoms with Gasteiger partial charge >= 0.3 is 25.2 Å². The van der Waals surface area contributed by atoms with Crippen molar-refractivity contribution in [1.29, 1.82) is 0 Å². The number of alkyl halides is 2. The Balaban J connectivity index is 1.50. The number of carbonyl (C=O) groups excluding carboxylic acids is 5. The number of likely N-dealkylation sites (tertiary alicyclic amines) is 1. The van der Waals surface area contributed by atoms with Crippen LogP contribution in [-0.2, 0) is 52.7 Å². The molecule has 0 spiro atoms. The minimum Gasteiger partial charge on any atom is -0.438 e. The van der Waals surface area contributed by atoms with Crippen molar-refractivity contribution in [1.82, 2.24) is 10.2 Å². The molecule has 0 saturated carbocycles. The highest BCUT2D eigenvalue weighted by Crippen LogP contribution is 2.67. The summed E-state index contributed by atoms with van der Waals surface area (Å²) in [6.07, 6.45) is 3.50. The Kier molecular flexibility index (Phi) is 15.6. The van der Waals surface area contributed by atoms with Crippen LogP contribution < -0.4 is 10.2 Å². The summed E-state index contributed by atoms with van der Waals surface area (Å²) in [7, 11) is -5.54.